The Morgan fingerprint density at radius 1 is 1.00 bits per heavy atom. The van der Waals surface area contributed by atoms with Crippen LogP contribution in [0.3, 0.4) is 0 Å². The molecule has 0 aromatic heterocycles. The van der Waals surface area contributed by atoms with Gasteiger partial charge in [-0.15, -0.1) is 17.0 Å². The van der Waals surface area contributed by atoms with Crippen LogP contribution in [-0.4, -0.2) is 38.0 Å². The molecular formula is C21H29BrN2O. The van der Waals surface area contributed by atoms with Gasteiger partial charge in [-0.1, -0.05) is 67.6 Å². The van der Waals surface area contributed by atoms with Crippen LogP contribution in [0.1, 0.15) is 25.0 Å². The summed E-state index contributed by atoms with van der Waals surface area (Å²) in [6.07, 6.45) is 0. The van der Waals surface area contributed by atoms with Crippen molar-refractivity contribution in [2.24, 2.45) is 5.92 Å². The van der Waals surface area contributed by atoms with Crippen LogP contribution in [0.4, 0.5) is 0 Å². The molecule has 1 amide bonds. The highest BCUT2D eigenvalue weighted by Crippen LogP contribution is 2.39. The van der Waals surface area contributed by atoms with Crippen molar-refractivity contribution in [1.82, 2.24) is 10.2 Å². The quantitative estimate of drug-likeness (QED) is 0.758. The van der Waals surface area contributed by atoms with E-state index in [4.69, 9.17) is 0 Å². The van der Waals surface area contributed by atoms with E-state index < -0.39 is 0 Å². The van der Waals surface area contributed by atoms with Gasteiger partial charge in [0.25, 0.3) is 0 Å². The minimum atomic E-state index is -0.265. The van der Waals surface area contributed by atoms with Gasteiger partial charge in [-0.25, -0.2) is 0 Å². The van der Waals surface area contributed by atoms with Gasteiger partial charge in [-0.05, 0) is 31.1 Å². The molecule has 136 valence electrons. The van der Waals surface area contributed by atoms with Gasteiger partial charge in [0.2, 0.25) is 5.91 Å². The molecule has 1 unspecified atom stereocenters. The van der Waals surface area contributed by atoms with Gasteiger partial charge in [-0.2, -0.15) is 0 Å². The van der Waals surface area contributed by atoms with Crippen molar-refractivity contribution in [3.63, 3.8) is 0 Å². The third-order valence-electron chi connectivity index (χ3n) is 4.67. The second-order valence-corrected chi connectivity index (χ2v) is 6.78. The molecule has 2 rings (SSSR count). The van der Waals surface area contributed by atoms with Gasteiger partial charge in [-0.3, -0.25) is 4.79 Å². The number of carbonyl (C=O) groups excluding carboxylic acids is 1. The number of halogens is 1. The van der Waals surface area contributed by atoms with Crippen LogP contribution in [0.15, 0.2) is 60.7 Å². The molecule has 0 saturated carbocycles. The Hall–Kier alpha value is -1.65. The van der Waals surface area contributed by atoms with E-state index in [0.717, 1.165) is 6.54 Å². The summed E-state index contributed by atoms with van der Waals surface area (Å²) in [6.45, 7) is 5.37. The predicted molar refractivity (Wildman–Crippen MR) is 110 cm³/mol. The molecule has 3 nitrogen and oxygen atoms in total. The van der Waals surface area contributed by atoms with Gasteiger partial charge in [0.15, 0.2) is 0 Å². The maximum atomic E-state index is 11.7. The lowest BCUT2D eigenvalue weighted by Crippen LogP contribution is -2.48. The van der Waals surface area contributed by atoms with Crippen molar-refractivity contribution in [1.29, 1.82) is 0 Å². The van der Waals surface area contributed by atoms with E-state index in [1.54, 1.807) is 6.92 Å². The highest BCUT2D eigenvalue weighted by Gasteiger charge is 2.39. The van der Waals surface area contributed by atoms with Gasteiger partial charge in [0, 0.05) is 25.4 Å². The second kappa shape index (κ2) is 9.73. The molecule has 25 heavy (non-hydrogen) atoms. The minimum Gasteiger partial charge on any atom is -0.355 e. The van der Waals surface area contributed by atoms with E-state index in [0.29, 0.717) is 12.5 Å². The fourth-order valence-electron chi connectivity index (χ4n) is 3.55. The van der Waals surface area contributed by atoms with Gasteiger partial charge < -0.3 is 10.2 Å². The van der Waals surface area contributed by atoms with E-state index >= 15 is 0 Å². The van der Waals surface area contributed by atoms with E-state index in [2.05, 4.69) is 79.8 Å². The molecular weight excluding hydrogens is 376 g/mol. The molecule has 0 saturated heterocycles. The lowest BCUT2D eigenvalue weighted by atomic mass is 9.66. The van der Waals surface area contributed by atoms with Gasteiger partial charge in [0.1, 0.15) is 0 Å². The Labute approximate surface area is 162 Å². The average Bonchev–Trinajstić information content (AvgIpc) is 2.56. The van der Waals surface area contributed by atoms with Crippen molar-refractivity contribution in [3.8, 4) is 0 Å². The van der Waals surface area contributed by atoms with Crippen molar-refractivity contribution in [2.45, 2.75) is 19.3 Å². The summed E-state index contributed by atoms with van der Waals surface area (Å²) in [7, 11) is 4.19. The zero-order valence-corrected chi connectivity index (χ0v) is 17.2. The number of amides is 1. The minimum absolute atomic E-state index is 0. The van der Waals surface area contributed by atoms with Crippen molar-refractivity contribution in [3.05, 3.63) is 71.8 Å². The number of nitrogens with zero attached hydrogens (tertiary/aromatic N) is 1. The van der Waals surface area contributed by atoms with Crippen LogP contribution in [-0.2, 0) is 10.2 Å². The van der Waals surface area contributed by atoms with Crippen LogP contribution in [0.5, 0.6) is 0 Å². The number of nitrogens with one attached hydrogen (secondary N) is 1. The molecule has 0 heterocycles. The lowest BCUT2D eigenvalue weighted by Gasteiger charge is -2.41. The maximum absolute atomic E-state index is 11.7. The van der Waals surface area contributed by atoms with Crippen LogP contribution in [0, 0.1) is 5.92 Å². The second-order valence-electron chi connectivity index (χ2n) is 6.78. The van der Waals surface area contributed by atoms with E-state index in [9.17, 15) is 4.79 Å². The summed E-state index contributed by atoms with van der Waals surface area (Å²) in [4.78, 5) is 13.9. The molecule has 4 heteroatoms. The van der Waals surface area contributed by atoms with Gasteiger partial charge in [0.05, 0.1) is 0 Å². The van der Waals surface area contributed by atoms with Crippen LogP contribution < -0.4 is 5.32 Å². The number of rotatable bonds is 7. The highest BCUT2D eigenvalue weighted by molar-refractivity contribution is 8.93. The van der Waals surface area contributed by atoms with Crippen molar-refractivity contribution < 1.29 is 4.79 Å². The first-order chi connectivity index (χ1) is 11.5. The third kappa shape index (κ3) is 5.16. The standard InChI is InChI=1S/C21H28N2O.BrH/c1-17(15-23(3)4)21(16-22-18(2)24,19-11-7-5-8-12-19)20-13-9-6-10-14-20;/h5-14,17H,15-16H2,1-4H3,(H,22,24);1H. The summed E-state index contributed by atoms with van der Waals surface area (Å²) < 4.78 is 0. The molecule has 0 fully saturated rings. The first-order valence-corrected chi connectivity index (χ1v) is 8.47. The average molecular weight is 405 g/mol. The Bertz CT molecular complexity index is 604. The smallest absolute Gasteiger partial charge is 0.216 e. The van der Waals surface area contributed by atoms with E-state index in [1.807, 2.05) is 12.1 Å². The first-order valence-electron chi connectivity index (χ1n) is 8.47. The zero-order valence-electron chi connectivity index (χ0n) is 15.5. The molecule has 2 aromatic rings. The molecule has 0 aliphatic heterocycles. The molecule has 0 spiro atoms. The number of benzene rings is 2. The number of carbonyl (C=O) groups is 1. The lowest BCUT2D eigenvalue weighted by molar-refractivity contribution is -0.119. The third-order valence-corrected chi connectivity index (χ3v) is 4.67. The fourth-order valence-corrected chi connectivity index (χ4v) is 3.55. The maximum Gasteiger partial charge on any atom is 0.216 e. The first kappa shape index (κ1) is 21.4. The monoisotopic (exact) mass is 404 g/mol. The summed E-state index contributed by atoms with van der Waals surface area (Å²) >= 11 is 0. The summed E-state index contributed by atoms with van der Waals surface area (Å²) in [5.74, 6) is 0.326. The number of hydrogen-bond acceptors (Lipinski definition) is 2. The molecule has 0 radical (unpaired) electrons. The summed E-state index contributed by atoms with van der Waals surface area (Å²) in [6, 6.07) is 21.0. The van der Waals surface area contributed by atoms with E-state index in [1.165, 1.54) is 11.1 Å². The number of hydrogen-bond donors (Lipinski definition) is 1. The van der Waals surface area contributed by atoms with Gasteiger partial charge >= 0.3 is 0 Å². The van der Waals surface area contributed by atoms with Crippen molar-refractivity contribution in [2.75, 3.05) is 27.2 Å². The normalized spacial score (nSPS) is 12.4. The molecule has 0 aliphatic rings. The van der Waals surface area contributed by atoms with Crippen molar-refractivity contribution >= 4 is 22.9 Å². The Balaban J connectivity index is 0.00000312. The highest BCUT2D eigenvalue weighted by atomic mass is 79.9. The van der Waals surface area contributed by atoms with Crippen LogP contribution in [0.2, 0.25) is 0 Å². The largest absolute Gasteiger partial charge is 0.355 e. The summed E-state index contributed by atoms with van der Waals surface area (Å²) in [5.41, 5.74) is 2.21. The zero-order chi connectivity index (χ0) is 17.6. The SMILES string of the molecule is Br.CC(=O)NCC(c1ccccc1)(c1ccccc1)C(C)CN(C)C. The van der Waals surface area contributed by atoms with E-state index in [-0.39, 0.29) is 28.3 Å². The van der Waals surface area contributed by atoms with Crippen LogP contribution >= 0.6 is 17.0 Å². The Morgan fingerprint density at radius 2 is 1.44 bits per heavy atom. The molecule has 1 N–H and O–H groups in total. The molecule has 2 aromatic carbocycles. The van der Waals surface area contributed by atoms with Crippen LogP contribution in [0.25, 0.3) is 0 Å². The molecule has 0 aliphatic carbocycles. The fraction of sp³-hybridized carbons (Fsp3) is 0.381. The Morgan fingerprint density at radius 3 is 1.80 bits per heavy atom. The molecule has 0 bridgehead atoms. The molecule has 1 atom stereocenters. The Kier molecular flexibility index (Phi) is 8.33. The topological polar surface area (TPSA) is 32.3 Å². The summed E-state index contributed by atoms with van der Waals surface area (Å²) in [5, 5.41) is 3.08. The predicted octanol–water partition coefficient (Wildman–Crippen LogP) is 3.88.